The first kappa shape index (κ1) is 6.32. The molecule has 3 heteroatoms. The lowest BCUT2D eigenvalue weighted by atomic mass is 10.4. The van der Waals surface area contributed by atoms with E-state index < -0.39 is 0 Å². The molecular formula is C6H10N2O. The number of furan rings is 1. The molecule has 3 N–H and O–H groups in total. The number of hydrogen-bond acceptors (Lipinski definition) is 3. The standard InChI is InChI=1S/C6H10N2O/c7-5-8-4-6-2-1-3-9-6/h1-3,8H,4-5,7H2. The second kappa shape index (κ2) is 3.27. The lowest BCUT2D eigenvalue weighted by Gasteiger charge is -1.94. The molecule has 0 radical (unpaired) electrons. The Balaban J connectivity index is 2.30. The molecule has 0 spiro atoms. The molecule has 0 amide bonds. The molecule has 0 bridgehead atoms. The summed E-state index contributed by atoms with van der Waals surface area (Å²) in [6.07, 6.45) is 1.65. The maximum atomic E-state index is 5.19. The molecule has 0 saturated carbocycles. The highest BCUT2D eigenvalue weighted by atomic mass is 16.3. The third-order valence-corrected chi connectivity index (χ3v) is 1.02. The van der Waals surface area contributed by atoms with Crippen molar-refractivity contribution in [2.45, 2.75) is 6.54 Å². The average Bonchev–Trinajstić information content (AvgIpc) is 2.34. The van der Waals surface area contributed by atoms with E-state index in [2.05, 4.69) is 5.32 Å². The van der Waals surface area contributed by atoms with Gasteiger partial charge in [0.25, 0.3) is 0 Å². The Morgan fingerprint density at radius 2 is 2.56 bits per heavy atom. The number of hydrogen-bond donors (Lipinski definition) is 2. The molecule has 0 atom stereocenters. The summed E-state index contributed by atoms with van der Waals surface area (Å²) in [6.45, 7) is 1.20. The highest BCUT2D eigenvalue weighted by Crippen LogP contribution is 1.97. The zero-order valence-electron chi connectivity index (χ0n) is 5.13. The lowest BCUT2D eigenvalue weighted by molar-refractivity contribution is 0.486. The van der Waals surface area contributed by atoms with Crippen LogP contribution in [0.25, 0.3) is 0 Å². The maximum absolute atomic E-state index is 5.19. The van der Waals surface area contributed by atoms with Gasteiger partial charge in [0.15, 0.2) is 0 Å². The molecule has 0 aliphatic rings. The number of rotatable bonds is 3. The minimum absolute atomic E-state index is 0.487. The summed E-state index contributed by atoms with van der Waals surface area (Å²) in [6, 6.07) is 3.76. The van der Waals surface area contributed by atoms with Gasteiger partial charge in [-0.25, -0.2) is 0 Å². The number of nitrogens with one attached hydrogen (secondary N) is 1. The Hall–Kier alpha value is -0.800. The van der Waals surface area contributed by atoms with Gasteiger partial charge in [0.05, 0.1) is 12.8 Å². The van der Waals surface area contributed by atoms with Gasteiger partial charge >= 0.3 is 0 Å². The van der Waals surface area contributed by atoms with Crippen LogP contribution < -0.4 is 11.1 Å². The van der Waals surface area contributed by atoms with Crippen molar-refractivity contribution in [2.24, 2.45) is 5.73 Å². The predicted octanol–water partition coefficient (Wildman–Crippen LogP) is 0.285. The fourth-order valence-corrected chi connectivity index (χ4v) is 0.609. The largest absolute Gasteiger partial charge is 0.468 e. The van der Waals surface area contributed by atoms with E-state index >= 15 is 0 Å². The molecule has 0 aromatic carbocycles. The summed E-state index contributed by atoms with van der Waals surface area (Å²) < 4.78 is 5.02. The van der Waals surface area contributed by atoms with E-state index in [9.17, 15) is 0 Å². The SMILES string of the molecule is NCNCc1ccco1. The Morgan fingerprint density at radius 3 is 3.11 bits per heavy atom. The van der Waals surface area contributed by atoms with Crippen LogP contribution in [-0.2, 0) is 6.54 Å². The summed E-state index contributed by atoms with van der Waals surface area (Å²) in [5.74, 6) is 0.917. The van der Waals surface area contributed by atoms with Gasteiger partial charge in [0.2, 0.25) is 0 Å². The average molecular weight is 126 g/mol. The van der Waals surface area contributed by atoms with Crippen molar-refractivity contribution in [3.8, 4) is 0 Å². The fourth-order valence-electron chi connectivity index (χ4n) is 0.609. The Kier molecular flexibility index (Phi) is 2.30. The van der Waals surface area contributed by atoms with Crippen molar-refractivity contribution in [1.82, 2.24) is 5.32 Å². The van der Waals surface area contributed by atoms with Crippen molar-refractivity contribution in [3.05, 3.63) is 24.2 Å². The highest BCUT2D eigenvalue weighted by molar-refractivity contribution is 4.97. The maximum Gasteiger partial charge on any atom is 0.117 e. The van der Waals surface area contributed by atoms with Crippen molar-refractivity contribution < 1.29 is 4.42 Å². The highest BCUT2D eigenvalue weighted by Gasteiger charge is 1.89. The van der Waals surface area contributed by atoms with Crippen LogP contribution in [0, 0.1) is 0 Å². The second-order valence-corrected chi connectivity index (χ2v) is 1.71. The summed E-state index contributed by atoms with van der Waals surface area (Å²) in [5, 5.41) is 2.93. The summed E-state index contributed by atoms with van der Waals surface area (Å²) in [7, 11) is 0. The molecule has 0 unspecified atom stereocenters. The van der Waals surface area contributed by atoms with Crippen molar-refractivity contribution in [3.63, 3.8) is 0 Å². The monoisotopic (exact) mass is 126 g/mol. The van der Waals surface area contributed by atoms with Crippen LogP contribution in [0.15, 0.2) is 22.8 Å². The molecule has 1 aromatic rings. The van der Waals surface area contributed by atoms with E-state index in [4.69, 9.17) is 10.2 Å². The molecule has 0 aliphatic heterocycles. The van der Waals surface area contributed by atoms with Gasteiger partial charge < -0.3 is 10.2 Å². The summed E-state index contributed by atoms with van der Waals surface area (Å²) >= 11 is 0. The smallest absolute Gasteiger partial charge is 0.117 e. The van der Waals surface area contributed by atoms with Crippen LogP contribution in [0.5, 0.6) is 0 Å². The van der Waals surface area contributed by atoms with Crippen LogP contribution in [0.4, 0.5) is 0 Å². The zero-order valence-corrected chi connectivity index (χ0v) is 5.13. The van der Waals surface area contributed by atoms with Gasteiger partial charge in [0.1, 0.15) is 5.76 Å². The normalized spacial score (nSPS) is 9.89. The Labute approximate surface area is 53.8 Å². The Bertz CT molecular complexity index is 148. The first-order valence-corrected chi connectivity index (χ1v) is 2.86. The van der Waals surface area contributed by atoms with E-state index in [0.717, 1.165) is 5.76 Å². The zero-order chi connectivity index (χ0) is 6.53. The lowest BCUT2D eigenvalue weighted by Crippen LogP contribution is -2.21. The summed E-state index contributed by atoms with van der Waals surface area (Å²) in [4.78, 5) is 0. The minimum Gasteiger partial charge on any atom is -0.468 e. The van der Waals surface area contributed by atoms with E-state index in [1.165, 1.54) is 0 Å². The van der Waals surface area contributed by atoms with Gasteiger partial charge in [-0.15, -0.1) is 0 Å². The molecule has 3 nitrogen and oxygen atoms in total. The topological polar surface area (TPSA) is 51.2 Å². The molecule has 9 heavy (non-hydrogen) atoms. The second-order valence-electron chi connectivity index (χ2n) is 1.71. The quantitative estimate of drug-likeness (QED) is 0.572. The third kappa shape index (κ3) is 1.87. The van der Waals surface area contributed by atoms with Gasteiger partial charge in [-0.1, -0.05) is 0 Å². The predicted molar refractivity (Wildman–Crippen MR) is 34.6 cm³/mol. The van der Waals surface area contributed by atoms with Crippen LogP contribution in [0.1, 0.15) is 5.76 Å². The first-order valence-electron chi connectivity index (χ1n) is 2.86. The van der Waals surface area contributed by atoms with E-state index in [-0.39, 0.29) is 0 Å². The Morgan fingerprint density at radius 1 is 1.67 bits per heavy atom. The molecule has 50 valence electrons. The van der Waals surface area contributed by atoms with Crippen LogP contribution in [0.3, 0.4) is 0 Å². The van der Waals surface area contributed by atoms with Crippen molar-refractivity contribution in [2.75, 3.05) is 6.67 Å². The summed E-state index contributed by atoms with van der Waals surface area (Å²) in [5.41, 5.74) is 5.19. The van der Waals surface area contributed by atoms with Crippen LogP contribution in [-0.4, -0.2) is 6.67 Å². The molecular weight excluding hydrogens is 116 g/mol. The van der Waals surface area contributed by atoms with Crippen molar-refractivity contribution >= 4 is 0 Å². The minimum atomic E-state index is 0.487. The molecule has 0 saturated heterocycles. The van der Waals surface area contributed by atoms with Crippen LogP contribution in [0.2, 0.25) is 0 Å². The van der Waals surface area contributed by atoms with Crippen molar-refractivity contribution in [1.29, 1.82) is 0 Å². The van der Waals surface area contributed by atoms with Crippen LogP contribution >= 0.6 is 0 Å². The fraction of sp³-hybridized carbons (Fsp3) is 0.333. The first-order chi connectivity index (χ1) is 4.43. The third-order valence-electron chi connectivity index (χ3n) is 1.02. The van der Waals surface area contributed by atoms with E-state index in [1.807, 2.05) is 12.1 Å². The molecule has 0 aliphatic carbocycles. The van der Waals surface area contributed by atoms with Gasteiger partial charge in [-0.3, -0.25) is 5.32 Å². The van der Waals surface area contributed by atoms with Gasteiger partial charge in [-0.2, -0.15) is 0 Å². The number of nitrogens with two attached hydrogens (primary N) is 1. The van der Waals surface area contributed by atoms with Gasteiger partial charge in [0, 0.05) is 6.67 Å². The molecule has 1 aromatic heterocycles. The molecule has 1 rings (SSSR count). The van der Waals surface area contributed by atoms with E-state index in [1.54, 1.807) is 6.26 Å². The molecule has 0 fully saturated rings. The van der Waals surface area contributed by atoms with Gasteiger partial charge in [-0.05, 0) is 12.1 Å². The molecule has 1 heterocycles. The van der Waals surface area contributed by atoms with E-state index in [0.29, 0.717) is 13.2 Å².